The fraction of sp³-hybridized carbons (Fsp3) is 0.143. The molecular formula is C21H20N6OS2. The van der Waals surface area contributed by atoms with Crippen LogP contribution < -0.4 is 10.6 Å². The van der Waals surface area contributed by atoms with Crippen LogP contribution in [0.4, 0.5) is 10.8 Å². The zero-order valence-corrected chi connectivity index (χ0v) is 17.9. The number of nitrogens with zero attached hydrogens (tertiary/aromatic N) is 4. The number of aromatic nitrogens is 4. The Hall–Kier alpha value is -3.17. The van der Waals surface area contributed by atoms with Crippen molar-refractivity contribution in [2.75, 3.05) is 16.4 Å². The molecule has 0 saturated heterocycles. The van der Waals surface area contributed by atoms with Crippen LogP contribution in [0.1, 0.15) is 11.4 Å². The van der Waals surface area contributed by atoms with Gasteiger partial charge in [0.1, 0.15) is 0 Å². The molecule has 2 N–H and O–H groups in total. The number of para-hydroxylation sites is 2. The number of thioether (sulfide) groups is 1. The second-order valence-electron chi connectivity index (χ2n) is 6.41. The molecule has 2 aromatic carbocycles. The molecule has 4 rings (SSSR count). The Bertz CT molecular complexity index is 1110. The van der Waals surface area contributed by atoms with Gasteiger partial charge >= 0.3 is 0 Å². The normalized spacial score (nSPS) is 10.7. The molecule has 0 bridgehead atoms. The van der Waals surface area contributed by atoms with Crippen LogP contribution in [0.15, 0.2) is 71.3 Å². The lowest BCUT2D eigenvalue weighted by molar-refractivity contribution is -0.113. The highest BCUT2D eigenvalue weighted by molar-refractivity contribution is 7.99. The van der Waals surface area contributed by atoms with Crippen LogP contribution >= 0.6 is 23.1 Å². The molecule has 0 fully saturated rings. The topological polar surface area (TPSA) is 84.7 Å². The number of aryl methyl sites for hydroxylation is 1. The van der Waals surface area contributed by atoms with E-state index in [0.717, 1.165) is 22.8 Å². The number of amides is 1. The molecule has 0 spiro atoms. The first-order valence-corrected chi connectivity index (χ1v) is 11.2. The standard InChI is InChI=1S/C21H20N6OS2/c1-15-7-5-6-10-17(15)27-18(13-23-16-8-3-2-4-9-16)25-26-21(27)30-14-19(28)24-20-22-11-12-29-20/h2-12,23H,13-14H2,1H3,(H,22,24,28). The lowest BCUT2D eigenvalue weighted by Crippen LogP contribution is -2.15. The van der Waals surface area contributed by atoms with Crippen molar-refractivity contribution in [2.24, 2.45) is 0 Å². The molecular weight excluding hydrogens is 416 g/mol. The molecule has 0 aliphatic carbocycles. The summed E-state index contributed by atoms with van der Waals surface area (Å²) < 4.78 is 2.01. The minimum Gasteiger partial charge on any atom is -0.378 e. The van der Waals surface area contributed by atoms with Crippen LogP contribution in [-0.4, -0.2) is 31.4 Å². The molecule has 30 heavy (non-hydrogen) atoms. The molecule has 1 amide bonds. The van der Waals surface area contributed by atoms with Gasteiger partial charge in [-0.2, -0.15) is 0 Å². The van der Waals surface area contributed by atoms with Crippen molar-refractivity contribution < 1.29 is 4.79 Å². The van der Waals surface area contributed by atoms with Crippen molar-refractivity contribution in [1.29, 1.82) is 0 Å². The maximum atomic E-state index is 12.3. The van der Waals surface area contributed by atoms with Crippen LogP contribution in [0, 0.1) is 6.92 Å². The zero-order chi connectivity index (χ0) is 20.8. The number of hydrogen-bond acceptors (Lipinski definition) is 7. The van der Waals surface area contributed by atoms with Gasteiger partial charge in [-0.3, -0.25) is 9.36 Å². The van der Waals surface area contributed by atoms with Crippen LogP contribution in [0.3, 0.4) is 0 Å². The van der Waals surface area contributed by atoms with E-state index in [4.69, 9.17) is 0 Å². The number of nitrogens with one attached hydrogen (secondary N) is 2. The first-order chi connectivity index (χ1) is 14.7. The molecule has 2 aromatic heterocycles. The van der Waals surface area contributed by atoms with Crippen molar-refractivity contribution in [2.45, 2.75) is 18.6 Å². The Labute approximate surface area is 182 Å². The van der Waals surface area contributed by atoms with E-state index >= 15 is 0 Å². The molecule has 0 aliphatic rings. The van der Waals surface area contributed by atoms with Crippen LogP contribution in [0.5, 0.6) is 0 Å². The molecule has 0 unspecified atom stereocenters. The minimum absolute atomic E-state index is 0.127. The first kappa shape index (κ1) is 20.1. The third-order valence-electron chi connectivity index (χ3n) is 4.29. The lowest BCUT2D eigenvalue weighted by Gasteiger charge is -2.13. The van der Waals surface area contributed by atoms with Crippen molar-refractivity contribution in [1.82, 2.24) is 19.7 Å². The molecule has 0 aliphatic heterocycles. The van der Waals surface area contributed by atoms with E-state index in [-0.39, 0.29) is 11.7 Å². The summed E-state index contributed by atoms with van der Waals surface area (Å²) in [5.74, 6) is 0.865. The second kappa shape index (κ2) is 9.55. The van der Waals surface area contributed by atoms with E-state index in [1.165, 1.54) is 23.1 Å². The lowest BCUT2D eigenvalue weighted by atomic mass is 10.2. The molecule has 0 radical (unpaired) electrons. The summed E-state index contributed by atoms with van der Waals surface area (Å²) in [4.78, 5) is 16.4. The van der Waals surface area contributed by atoms with Gasteiger partial charge in [-0.25, -0.2) is 4.98 Å². The van der Waals surface area contributed by atoms with E-state index in [1.807, 2.05) is 71.5 Å². The van der Waals surface area contributed by atoms with E-state index in [2.05, 4.69) is 25.8 Å². The van der Waals surface area contributed by atoms with Gasteiger partial charge in [0.05, 0.1) is 18.0 Å². The third-order valence-corrected chi connectivity index (χ3v) is 5.91. The van der Waals surface area contributed by atoms with Crippen molar-refractivity contribution in [3.05, 3.63) is 77.6 Å². The van der Waals surface area contributed by atoms with Gasteiger partial charge in [0.2, 0.25) is 5.91 Å². The number of carbonyl (C=O) groups is 1. The Morgan fingerprint density at radius 3 is 2.67 bits per heavy atom. The number of thiazole rings is 1. The fourth-order valence-electron chi connectivity index (χ4n) is 2.87. The summed E-state index contributed by atoms with van der Waals surface area (Å²) >= 11 is 2.74. The molecule has 7 nitrogen and oxygen atoms in total. The van der Waals surface area contributed by atoms with Gasteiger partial charge < -0.3 is 10.6 Å². The van der Waals surface area contributed by atoms with E-state index in [1.54, 1.807) is 6.20 Å². The first-order valence-electron chi connectivity index (χ1n) is 9.32. The average Bonchev–Trinajstić information content (AvgIpc) is 3.42. The van der Waals surface area contributed by atoms with Crippen molar-refractivity contribution in [3.8, 4) is 5.69 Å². The van der Waals surface area contributed by atoms with Gasteiger partial charge in [0.15, 0.2) is 16.1 Å². The van der Waals surface area contributed by atoms with Crippen LogP contribution in [0.25, 0.3) is 5.69 Å². The summed E-state index contributed by atoms with van der Waals surface area (Å²) in [6, 6.07) is 18.0. The smallest absolute Gasteiger partial charge is 0.236 e. The summed E-state index contributed by atoms with van der Waals surface area (Å²) in [5.41, 5.74) is 3.11. The largest absolute Gasteiger partial charge is 0.378 e. The van der Waals surface area contributed by atoms with Gasteiger partial charge in [0.25, 0.3) is 0 Å². The molecule has 2 heterocycles. The van der Waals surface area contributed by atoms with E-state index in [0.29, 0.717) is 16.8 Å². The minimum atomic E-state index is -0.127. The third kappa shape index (κ3) is 4.87. The predicted molar refractivity (Wildman–Crippen MR) is 121 cm³/mol. The highest BCUT2D eigenvalue weighted by Crippen LogP contribution is 2.25. The number of rotatable bonds is 8. The molecule has 4 aromatic rings. The average molecular weight is 437 g/mol. The summed E-state index contributed by atoms with van der Waals surface area (Å²) in [6.07, 6.45) is 1.66. The molecule has 0 saturated carbocycles. The predicted octanol–water partition coefficient (Wildman–Crippen LogP) is 4.38. The van der Waals surface area contributed by atoms with Crippen LogP contribution in [-0.2, 0) is 11.3 Å². The molecule has 0 atom stereocenters. The Morgan fingerprint density at radius 1 is 1.10 bits per heavy atom. The summed E-state index contributed by atoms with van der Waals surface area (Å²) in [7, 11) is 0. The Kier molecular flexibility index (Phi) is 6.41. The zero-order valence-electron chi connectivity index (χ0n) is 16.3. The van der Waals surface area contributed by atoms with Crippen LogP contribution in [0.2, 0.25) is 0 Å². The van der Waals surface area contributed by atoms with Gasteiger partial charge in [-0.15, -0.1) is 21.5 Å². The highest BCUT2D eigenvalue weighted by Gasteiger charge is 2.17. The van der Waals surface area contributed by atoms with Gasteiger partial charge in [-0.05, 0) is 30.7 Å². The van der Waals surface area contributed by atoms with Crippen molar-refractivity contribution >= 4 is 39.8 Å². The fourth-order valence-corrected chi connectivity index (χ4v) is 4.18. The highest BCUT2D eigenvalue weighted by atomic mass is 32.2. The monoisotopic (exact) mass is 436 g/mol. The number of carbonyl (C=O) groups excluding carboxylic acids is 1. The molecule has 152 valence electrons. The quantitative estimate of drug-likeness (QED) is 0.399. The van der Waals surface area contributed by atoms with Gasteiger partial charge in [-0.1, -0.05) is 48.2 Å². The van der Waals surface area contributed by atoms with E-state index in [9.17, 15) is 4.79 Å². The Balaban J connectivity index is 1.54. The van der Waals surface area contributed by atoms with E-state index < -0.39 is 0 Å². The summed E-state index contributed by atoms with van der Waals surface area (Å²) in [5, 5.41) is 18.0. The maximum Gasteiger partial charge on any atom is 0.236 e. The molecule has 9 heteroatoms. The summed E-state index contributed by atoms with van der Waals surface area (Å²) in [6.45, 7) is 2.56. The second-order valence-corrected chi connectivity index (χ2v) is 8.25. The Morgan fingerprint density at radius 2 is 1.90 bits per heavy atom. The maximum absolute atomic E-state index is 12.3. The van der Waals surface area contributed by atoms with Crippen molar-refractivity contribution in [3.63, 3.8) is 0 Å². The van der Waals surface area contributed by atoms with Gasteiger partial charge in [0, 0.05) is 17.3 Å². The number of benzene rings is 2. The SMILES string of the molecule is Cc1ccccc1-n1c(CNc2ccccc2)nnc1SCC(=O)Nc1nccs1. The number of anilines is 2. The number of hydrogen-bond donors (Lipinski definition) is 2.